The summed E-state index contributed by atoms with van der Waals surface area (Å²) in [6, 6.07) is 0.366. The highest BCUT2D eigenvalue weighted by Gasteiger charge is 2.28. The van der Waals surface area contributed by atoms with E-state index >= 15 is 0 Å². The summed E-state index contributed by atoms with van der Waals surface area (Å²) >= 11 is 0. The molecule has 0 aromatic heterocycles. The molecule has 1 amide bonds. The average molecular weight is 198 g/mol. The van der Waals surface area contributed by atoms with E-state index in [9.17, 15) is 4.79 Å². The highest BCUT2D eigenvalue weighted by atomic mass is 16.2. The molecule has 0 bridgehead atoms. The van der Waals surface area contributed by atoms with Gasteiger partial charge in [-0.05, 0) is 26.2 Å². The Hall–Kier alpha value is -0.570. The van der Waals surface area contributed by atoms with E-state index in [4.69, 9.17) is 5.73 Å². The predicted octanol–water partition coefficient (Wildman–Crippen LogP) is 1.56. The van der Waals surface area contributed by atoms with Crippen LogP contribution in [0.4, 0.5) is 0 Å². The third-order valence-corrected chi connectivity index (χ3v) is 3.19. The Morgan fingerprint density at radius 3 is 2.50 bits per heavy atom. The van der Waals surface area contributed by atoms with Crippen LogP contribution < -0.4 is 11.1 Å². The molecule has 0 aromatic rings. The minimum Gasteiger partial charge on any atom is -0.352 e. The predicted molar refractivity (Wildman–Crippen MR) is 57.9 cm³/mol. The second-order valence-corrected chi connectivity index (χ2v) is 4.58. The van der Waals surface area contributed by atoms with Gasteiger partial charge >= 0.3 is 0 Å². The van der Waals surface area contributed by atoms with Crippen molar-refractivity contribution >= 4 is 5.91 Å². The van der Waals surface area contributed by atoms with Gasteiger partial charge in [0.05, 0.1) is 5.54 Å². The Morgan fingerprint density at radius 2 is 2.00 bits per heavy atom. The van der Waals surface area contributed by atoms with Gasteiger partial charge in [0.2, 0.25) is 5.91 Å². The van der Waals surface area contributed by atoms with Crippen molar-refractivity contribution in [2.75, 3.05) is 0 Å². The molecule has 3 N–H and O–H groups in total. The second-order valence-electron chi connectivity index (χ2n) is 4.58. The molecule has 0 saturated heterocycles. The van der Waals surface area contributed by atoms with Crippen molar-refractivity contribution in [3.63, 3.8) is 0 Å². The van der Waals surface area contributed by atoms with Gasteiger partial charge in [0.1, 0.15) is 0 Å². The van der Waals surface area contributed by atoms with Gasteiger partial charge in [-0.2, -0.15) is 0 Å². The molecular weight excluding hydrogens is 176 g/mol. The van der Waals surface area contributed by atoms with Gasteiger partial charge in [0.25, 0.3) is 0 Å². The zero-order valence-electron chi connectivity index (χ0n) is 9.31. The van der Waals surface area contributed by atoms with Gasteiger partial charge in [-0.15, -0.1) is 0 Å². The summed E-state index contributed by atoms with van der Waals surface area (Å²) in [7, 11) is 0. The van der Waals surface area contributed by atoms with Crippen molar-refractivity contribution in [3.05, 3.63) is 0 Å². The standard InChI is InChI=1S/C11H22N2O/c1-3-11(2,12)10(14)13-9-7-5-4-6-8-9/h9H,3-8,12H2,1-2H3,(H,13,14). The lowest BCUT2D eigenvalue weighted by atomic mass is 9.93. The maximum atomic E-state index is 11.7. The van der Waals surface area contributed by atoms with Gasteiger partial charge in [-0.25, -0.2) is 0 Å². The summed E-state index contributed by atoms with van der Waals surface area (Å²) < 4.78 is 0. The van der Waals surface area contributed by atoms with Crippen LogP contribution in [0.1, 0.15) is 52.4 Å². The first-order chi connectivity index (χ1) is 6.56. The lowest BCUT2D eigenvalue weighted by molar-refractivity contribution is -0.126. The Balaban J connectivity index is 2.39. The summed E-state index contributed by atoms with van der Waals surface area (Å²) in [6.07, 6.45) is 6.69. The van der Waals surface area contributed by atoms with Gasteiger partial charge < -0.3 is 11.1 Å². The van der Waals surface area contributed by atoms with E-state index in [1.807, 2.05) is 6.92 Å². The van der Waals surface area contributed by atoms with Crippen LogP contribution in [0.2, 0.25) is 0 Å². The molecule has 1 aliphatic rings. The van der Waals surface area contributed by atoms with E-state index < -0.39 is 5.54 Å². The molecule has 0 aliphatic heterocycles. The van der Waals surface area contributed by atoms with E-state index in [2.05, 4.69) is 5.32 Å². The number of hydrogen-bond acceptors (Lipinski definition) is 2. The molecule has 1 rings (SSSR count). The number of hydrogen-bond donors (Lipinski definition) is 2. The minimum atomic E-state index is -0.697. The number of amides is 1. The van der Waals surface area contributed by atoms with Crippen LogP contribution in [0.3, 0.4) is 0 Å². The Bertz CT molecular complexity index is 195. The third-order valence-electron chi connectivity index (χ3n) is 3.19. The molecule has 0 aromatic carbocycles. The van der Waals surface area contributed by atoms with E-state index in [0.717, 1.165) is 12.8 Å². The Morgan fingerprint density at radius 1 is 1.43 bits per heavy atom. The smallest absolute Gasteiger partial charge is 0.239 e. The molecule has 0 spiro atoms. The molecule has 1 saturated carbocycles. The lowest BCUT2D eigenvalue weighted by Gasteiger charge is -2.28. The molecule has 1 atom stereocenters. The van der Waals surface area contributed by atoms with Crippen molar-refractivity contribution in [1.29, 1.82) is 0 Å². The highest BCUT2D eigenvalue weighted by Crippen LogP contribution is 2.18. The topological polar surface area (TPSA) is 55.1 Å². The molecule has 1 unspecified atom stereocenters. The largest absolute Gasteiger partial charge is 0.352 e. The maximum Gasteiger partial charge on any atom is 0.239 e. The van der Waals surface area contributed by atoms with Crippen LogP contribution in [0.15, 0.2) is 0 Å². The number of carbonyl (C=O) groups is 1. The van der Waals surface area contributed by atoms with Crippen LogP contribution in [0.25, 0.3) is 0 Å². The first-order valence-electron chi connectivity index (χ1n) is 5.66. The summed E-state index contributed by atoms with van der Waals surface area (Å²) in [5, 5.41) is 3.05. The van der Waals surface area contributed by atoms with Crippen LogP contribution in [0.5, 0.6) is 0 Å². The normalized spacial score (nSPS) is 22.8. The van der Waals surface area contributed by atoms with Crippen LogP contribution in [-0.4, -0.2) is 17.5 Å². The number of rotatable bonds is 3. The zero-order chi connectivity index (χ0) is 10.6. The molecule has 82 valence electrons. The Labute approximate surface area is 86.4 Å². The fourth-order valence-corrected chi connectivity index (χ4v) is 1.76. The monoisotopic (exact) mass is 198 g/mol. The van der Waals surface area contributed by atoms with E-state index in [1.54, 1.807) is 6.92 Å². The van der Waals surface area contributed by atoms with Gasteiger partial charge in [-0.3, -0.25) is 4.79 Å². The van der Waals surface area contributed by atoms with Crippen molar-refractivity contribution in [2.24, 2.45) is 5.73 Å². The quantitative estimate of drug-likeness (QED) is 0.723. The van der Waals surface area contributed by atoms with E-state index in [1.165, 1.54) is 19.3 Å². The molecule has 1 aliphatic carbocycles. The van der Waals surface area contributed by atoms with E-state index in [0.29, 0.717) is 12.5 Å². The number of carbonyl (C=O) groups excluding carboxylic acids is 1. The number of nitrogens with two attached hydrogens (primary N) is 1. The molecule has 0 heterocycles. The van der Waals surface area contributed by atoms with Crippen molar-refractivity contribution in [2.45, 2.75) is 64.0 Å². The maximum absolute atomic E-state index is 11.7. The average Bonchev–Trinajstić information content (AvgIpc) is 2.19. The first kappa shape index (κ1) is 11.5. The molecule has 3 heteroatoms. The summed E-state index contributed by atoms with van der Waals surface area (Å²) in [5.41, 5.74) is 5.17. The second kappa shape index (κ2) is 4.78. The fraction of sp³-hybridized carbons (Fsp3) is 0.909. The summed E-state index contributed by atoms with van der Waals surface area (Å²) in [4.78, 5) is 11.7. The lowest BCUT2D eigenvalue weighted by Crippen LogP contribution is -2.54. The van der Waals surface area contributed by atoms with Crippen molar-refractivity contribution in [3.8, 4) is 0 Å². The number of nitrogens with one attached hydrogen (secondary N) is 1. The molecule has 3 nitrogen and oxygen atoms in total. The molecular formula is C11H22N2O. The van der Waals surface area contributed by atoms with Gasteiger partial charge in [0.15, 0.2) is 0 Å². The Kier molecular flexibility index (Phi) is 3.93. The molecule has 0 radical (unpaired) electrons. The van der Waals surface area contributed by atoms with Crippen molar-refractivity contribution < 1.29 is 4.79 Å². The summed E-state index contributed by atoms with van der Waals surface area (Å²) in [5.74, 6) is 0.00639. The third kappa shape index (κ3) is 2.98. The highest BCUT2D eigenvalue weighted by molar-refractivity contribution is 5.85. The molecule has 1 fully saturated rings. The van der Waals surface area contributed by atoms with Crippen molar-refractivity contribution in [1.82, 2.24) is 5.32 Å². The first-order valence-corrected chi connectivity index (χ1v) is 5.66. The van der Waals surface area contributed by atoms with Crippen LogP contribution in [-0.2, 0) is 4.79 Å². The minimum absolute atomic E-state index is 0.00639. The molecule has 14 heavy (non-hydrogen) atoms. The van der Waals surface area contributed by atoms with Gasteiger partial charge in [-0.1, -0.05) is 26.2 Å². The fourth-order valence-electron chi connectivity index (χ4n) is 1.76. The van der Waals surface area contributed by atoms with E-state index in [-0.39, 0.29) is 5.91 Å². The van der Waals surface area contributed by atoms with Crippen LogP contribution >= 0.6 is 0 Å². The van der Waals surface area contributed by atoms with Gasteiger partial charge in [0, 0.05) is 6.04 Å². The zero-order valence-corrected chi connectivity index (χ0v) is 9.31. The van der Waals surface area contributed by atoms with Crippen LogP contribution in [0, 0.1) is 0 Å². The SMILES string of the molecule is CCC(C)(N)C(=O)NC1CCCCC1. The summed E-state index contributed by atoms with van der Waals surface area (Å²) in [6.45, 7) is 3.74.